The zero-order valence-corrected chi connectivity index (χ0v) is 42.2. The van der Waals surface area contributed by atoms with Gasteiger partial charge in [-0.05, 0) is 103 Å². The molecule has 67 heavy (non-hydrogen) atoms. The number of aryl methyl sites for hydroxylation is 2. The molecule has 2 heterocycles. The molecule has 0 saturated heterocycles. The molecule has 12 aromatic rings. The Hall–Kier alpha value is -5.93. The summed E-state index contributed by atoms with van der Waals surface area (Å²) in [6.07, 6.45) is 4.52. The average Bonchev–Trinajstić information content (AvgIpc) is 3.90. The van der Waals surface area contributed by atoms with Crippen LogP contribution in [-0.4, -0.2) is 13.8 Å². The van der Waals surface area contributed by atoms with Crippen molar-refractivity contribution in [3.8, 4) is 33.8 Å². The summed E-state index contributed by atoms with van der Waals surface area (Å²) in [7, 11) is 5.58. The van der Waals surface area contributed by atoms with Gasteiger partial charge in [-0.25, -0.2) is 0 Å². The van der Waals surface area contributed by atoms with Crippen LogP contribution in [-0.2, 0) is 0 Å². The van der Waals surface area contributed by atoms with Crippen molar-refractivity contribution in [2.45, 2.75) is 13.8 Å². The van der Waals surface area contributed by atoms with Gasteiger partial charge in [-0.3, -0.25) is 8.68 Å². The van der Waals surface area contributed by atoms with E-state index in [0.29, 0.717) is 22.3 Å². The largest absolute Gasteiger partial charge is 0.507 e. The normalized spacial score (nSPS) is 12.0. The van der Waals surface area contributed by atoms with E-state index < -0.39 is 8.45 Å². The maximum Gasteiger partial charge on any atom is 0.318 e. The number of phenolic OH excluding ortho intramolecular Hbond substituents is 1. The Morgan fingerprint density at radius 1 is 0.403 bits per heavy atom. The molecule has 9 heteroatoms. The molecule has 0 aliphatic heterocycles. The van der Waals surface area contributed by atoms with Crippen LogP contribution in [0.1, 0.15) is 11.1 Å². The second-order valence-corrected chi connectivity index (χ2v) is 21.7. The number of hydrogen-bond donors (Lipinski definition) is 1. The fraction of sp³-hybridized carbons (Fsp3) is 0.0345. The van der Waals surface area contributed by atoms with E-state index in [1.807, 2.05) is 18.2 Å². The Morgan fingerprint density at radius 2 is 0.761 bits per heavy atom. The highest BCUT2D eigenvalue weighted by molar-refractivity contribution is 8.07. The lowest BCUT2D eigenvalue weighted by molar-refractivity contribution is 0.478. The van der Waals surface area contributed by atoms with Gasteiger partial charge in [0.25, 0.3) is 0 Å². The first-order chi connectivity index (χ1) is 32.9. The summed E-state index contributed by atoms with van der Waals surface area (Å²) in [4.78, 5) is 0. The Balaban J connectivity index is 0.000000180. The summed E-state index contributed by atoms with van der Waals surface area (Å²) in [6, 6.07) is 68.3. The second kappa shape index (κ2) is 18.6. The van der Waals surface area contributed by atoms with E-state index in [0.717, 1.165) is 33.2 Å². The Bertz CT molecular complexity index is 3760. The number of aromatic hydroxyl groups is 1. The highest BCUT2D eigenvalue weighted by atomic mass is 32.0. The minimum atomic E-state index is -1.37. The molecule has 326 valence electrons. The van der Waals surface area contributed by atoms with Crippen LogP contribution in [0.2, 0.25) is 0 Å². The molecule has 0 amide bonds. The Labute approximate surface area is 399 Å². The van der Waals surface area contributed by atoms with Gasteiger partial charge in [0.1, 0.15) is 11.5 Å². The van der Waals surface area contributed by atoms with E-state index in [1.165, 1.54) is 81.4 Å². The SMILES string of the molecule is Cc1cn(P(Oc2ccc3ccccc3c2-c2c(PP)ccc3ccccc23)n2cc(C)c3ccccc32)c2ccccc12.Oc1ccc2ccccc2c1-c1c(PP)ccc2ccccc12. The third-order valence-electron chi connectivity index (χ3n) is 12.8. The molecule has 4 nitrogen and oxygen atoms in total. The molecule has 0 spiro atoms. The van der Waals surface area contributed by atoms with Gasteiger partial charge >= 0.3 is 8.45 Å². The molecule has 0 aliphatic rings. The van der Waals surface area contributed by atoms with Crippen LogP contribution in [0.25, 0.3) is 87.1 Å². The first kappa shape index (κ1) is 43.6. The monoisotopic (exact) mass is 958 g/mol. The Morgan fingerprint density at radius 3 is 1.22 bits per heavy atom. The van der Waals surface area contributed by atoms with Gasteiger partial charge in [0.2, 0.25) is 0 Å². The second-order valence-electron chi connectivity index (χ2n) is 16.7. The molecule has 4 atom stereocenters. The molecule has 0 fully saturated rings. The minimum absolute atomic E-state index is 0.338. The molecule has 0 saturated carbocycles. The number of para-hydroxylation sites is 2. The maximum absolute atomic E-state index is 10.6. The number of nitrogens with zero attached hydrogens (tertiary/aromatic N) is 2. The van der Waals surface area contributed by atoms with E-state index in [4.69, 9.17) is 4.52 Å². The fourth-order valence-corrected chi connectivity index (χ4v) is 14.2. The van der Waals surface area contributed by atoms with Crippen molar-refractivity contribution in [3.63, 3.8) is 0 Å². The van der Waals surface area contributed by atoms with Gasteiger partial charge in [0, 0.05) is 45.4 Å². The zero-order chi connectivity index (χ0) is 45.6. The summed E-state index contributed by atoms with van der Waals surface area (Å²) in [5, 5.41) is 25.2. The molecule has 12 rings (SSSR count). The highest BCUT2D eigenvalue weighted by Gasteiger charge is 2.27. The molecule has 1 N–H and O–H groups in total. The van der Waals surface area contributed by atoms with Gasteiger partial charge in [-0.2, -0.15) is 0 Å². The molecule has 2 aromatic heterocycles. The van der Waals surface area contributed by atoms with Crippen LogP contribution in [0.5, 0.6) is 11.5 Å². The predicted octanol–water partition coefficient (Wildman–Crippen LogP) is 16.4. The van der Waals surface area contributed by atoms with Gasteiger partial charge in [-0.1, -0.05) is 186 Å². The molecule has 0 radical (unpaired) electrons. The van der Waals surface area contributed by atoms with Crippen molar-refractivity contribution in [1.82, 2.24) is 8.68 Å². The quantitative estimate of drug-likeness (QED) is 0.154. The number of benzene rings is 10. The van der Waals surface area contributed by atoms with E-state index in [9.17, 15) is 5.11 Å². The maximum atomic E-state index is 10.6. The number of aromatic nitrogens is 2. The highest BCUT2D eigenvalue weighted by Crippen LogP contribution is 2.52. The Kier molecular flexibility index (Phi) is 12.1. The first-order valence-electron chi connectivity index (χ1n) is 22.2. The molecular weight excluding hydrogens is 912 g/mol. The minimum Gasteiger partial charge on any atom is -0.507 e. The fourth-order valence-electron chi connectivity index (χ4n) is 9.65. The number of fused-ring (bicyclic) bond motifs is 6. The molecular formula is C58H47N2O2P5. The third kappa shape index (κ3) is 7.91. The lowest BCUT2D eigenvalue weighted by Crippen LogP contribution is -2.07. The van der Waals surface area contributed by atoms with Crippen LogP contribution in [0, 0.1) is 13.8 Å². The van der Waals surface area contributed by atoms with E-state index >= 15 is 0 Å². The standard InChI is InChI=1S/C38H31N2OP3.C20H16OP2/c1-25-23-39(33-17-9-7-13-29(25)33)44(40-24-26(2)30-14-8-10-18-34(30)40)41-35-21-19-27-11-3-5-15-31(27)37(35)38-32-16-6-4-12-28(32)20-22-36(38)43-42;21-17-11-9-13-5-1-3-7-15(13)19(17)20-16-8-4-2-6-14(16)10-12-18(20)23-22/h3-24,43H,42H2,1-2H3;1-12,21,23H,22H2. The smallest absolute Gasteiger partial charge is 0.318 e. The van der Waals surface area contributed by atoms with E-state index in [2.05, 4.69) is 223 Å². The zero-order valence-electron chi connectivity index (χ0n) is 37.0. The van der Waals surface area contributed by atoms with Gasteiger partial charge < -0.3 is 9.63 Å². The number of rotatable bonds is 8. The predicted molar refractivity (Wildman–Crippen MR) is 302 cm³/mol. The van der Waals surface area contributed by atoms with Crippen molar-refractivity contribution in [2.24, 2.45) is 0 Å². The lowest BCUT2D eigenvalue weighted by Gasteiger charge is -2.25. The molecule has 0 aliphatic carbocycles. The van der Waals surface area contributed by atoms with Crippen molar-refractivity contribution < 1.29 is 9.63 Å². The van der Waals surface area contributed by atoms with E-state index in [-0.39, 0.29) is 0 Å². The first-order valence-corrected chi connectivity index (χ1v) is 29.0. The van der Waals surface area contributed by atoms with E-state index in [1.54, 1.807) is 6.07 Å². The molecule has 4 unspecified atom stereocenters. The lowest BCUT2D eigenvalue weighted by atomic mass is 9.93. The summed E-state index contributed by atoms with van der Waals surface area (Å²) in [6.45, 7) is 4.38. The van der Waals surface area contributed by atoms with Crippen LogP contribution in [0.4, 0.5) is 0 Å². The van der Waals surface area contributed by atoms with Crippen LogP contribution >= 0.6 is 42.8 Å². The van der Waals surface area contributed by atoms with Gasteiger partial charge in [-0.15, -0.1) is 17.9 Å². The summed E-state index contributed by atoms with van der Waals surface area (Å²) < 4.78 is 12.2. The molecule has 0 bridgehead atoms. The van der Waals surface area contributed by atoms with Crippen molar-refractivity contribution >= 4 is 118 Å². The van der Waals surface area contributed by atoms with Crippen LogP contribution < -0.4 is 15.1 Å². The molecule has 10 aromatic carbocycles. The van der Waals surface area contributed by atoms with Crippen LogP contribution in [0.15, 0.2) is 207 Å². The van der Waals surface area contributed by atoms with Crippen molar-refractivity contribution in [3.05, 3.63) is 218 Å². The summed E-state index contributed by atoms with van der Waals surface area (Å²) in [5.74, 6) is 1.23. The average molecular weight is 959 g/mol. The van der Waals surface area contributed by atoms with Gasteiger partial charge in [0.05, 0.1) is 11.0 Å². The van der Waals surface area contributed by atoms with Crippen LogP contribution in [0.3, 0.4) is 0 Å². The summed E-state index contributed by atoms with van der Waals surface area (Å²) >= 11 is 0. The topological polar surface area (TPSA) is 39.3 Å². The number of phenols is 1. The van der Waals surface area contributed by atoms with Crippen molar-refractivity contribution in [1.29, 1.82) is 0 Å². The summed E-state index contributed by atoms with van der Waals surface area (Å²) in [5.41, 5.74) is 9.31. The number of hydrogen-bond acceptors (Lipinski definition) is 2. The third-order valence-corrected chi connectivity index (χ3v) is 17.9. The van der Waals surface area contributed by atoms with Gasteiger partial charge in [0.15, 0.2) is 0 Å². The van der Waals surface area contributed by atoms with Crippen molar-refractivity contribution in [2.75, 3.05) is 0 Å².